The summed E-state index contributed by atoms with van der Waals surface area (Å²) >= 11 is 0. The van der Waals surface area contributed by atoms with Crippen LogP contribution in [-0.4, -0.2) is 58.0 Å². The Kier molecular flexibility index (Phi) is 7.06. The third-order valence-electron chi connectivity index (χ3n) is 5.00. The van der Waals surface area contributed by atoms with Gasteiger partial charge in [-0.3, -0.25) is 4.79 Å². The van der Waals surface area contributed by atoms with E-state index in [1.165, 1.54) is 28.6 Å². The summed E-state index contributed by atoms with van der Waals surface area (Å²) in [6.45, 7) is 6.54. The van der Waals surface area contributed by atoms with Crippen molar-refractivity contribution in [1.82, 2.24) is 4.31 Å². The molecule has 0 atom stereocenters. The Morgan fingerprint density at radius 3 is 2.47 bits per heavy atom. The number of amides is 1. The summed E-state index contributed by atoms with van der Waals surface area (Å²) in [4.78, 5) is 14.8. The number of nitrogens with zero attached hydrogens (tertiary/aromatic N) is 2. The number of halogens is 1. The van der Waals surface area contributed by atoms with Crippen LogP contribution in [0.2, 0.25) is 0 Å². The van der Waals surface area contributed by atoms with Gasteiger partial charge in [-0.1, -0.05) is 19.9 Å². The predicted octanol–water partition coefficient (Wildman–Crippen LogP) is 2.95. The molecule has 1 aliphatic rings. The van der Waals surface area contributed by atoms with Crippen LogP contribution < -0.4 is 10.2 Å². The summed E-state index contributed by atoms with van der Waals surface area (Å²) in [6.07, 6.45) is 0. The molecule has 2 aromatic carbocycles. The number of nitrogens with one attached hydrogen (secondary N) is 1. The second-order valence-corrected chi connectivity index (χ2v) is 8.77. The third-order valence-corrected chi connectivity index (χ3v) is 7.04. The third kappa shape index (κ3) is 4.80. The highest BCUT2D eigenvalue weighted by Crippen LogP contribution is 2.31. The lowest BCUT2D eigenvalue weighted by Gasteiger charge is -2.31. The number of rotatable bonds is 7. The van der Waals surface area contributed by atoms with Crippen LogP contribution in [0.15, 0.2) is 47.4 Å². The summed E-state index contributed by atoms with van der Waals surface area (Å²) < 4.78 is 46.2. The second kappa shape index (κ2) is 9.55. The van der Waals surface area contributed by atoms with E-state index < -0.39 is 21.7 Å². The van der Waals surface area contributed by atoms with Gasteiger partial charge in [-0.15, -0.1) is 0 Å². The fraction of sp³-hybridized carbons (Fsp3) is 0.381. The molecule has 0 bridgehead atoms. The average Bonchev–Trinajstić information content (AvgIpc) is 2.75. The first-order valence-corrected chi connectivity index (χ1v) is 11.3. The number of hydrogen-bond acceptors (Lipinski definition) is 5. The van der Waals surface area contributed by atoms with Gasteiger partial charge < -0.3 is 15.0 Å². The summed E-state index contributed by atoms with van der Waals surface area (Å²) in [5.74, 6) is -1.03. The van der Waals surface area contributed by atoms with Gasteiger partial charge in [0.05, 0.1) is 29.5 Å². The van der Waals surface area contributed by atoms with E-state index in [1.807, 2.05) is 4.90 Å². The van der Waals surface area contributed by atoms with Gasteiger partial charge in [-0.05, 0) is 36.4 Å². The quantitative estimate of drug-likeness (QED) is 0.724. The minimum atomic E-state index is -3.70. The lowest BCUT2D eigenvalue weighted by Crippen LogP contribution is -2.37. The minimum Gasteiger partial charge on any atom is -0.378 e. The SMILES string of the molecule is CCN(CC)S(=O)(=O)c1ccc(N2CCOCC2)c(NC(=O)c2cccc(F)c2)c1. The van der Waals surface area contributed by atoms with Crippen molar-refractivity contribution in [3.05, 3.63) is 53.8 Å². The first-order valence-electron chi connectivity index (χ1n) is 9.90. The lowest BCUT2D eigenvalue weighted by molar-refractivity contribution is 0.102. The number of carbonyl (C=O) groups excluding carboxylic acids is 1. The van der Waals surface area contributed by atoms with Gasteiger partial charge in [0.2, 0.25) is 10.0 Å². The van der Waals surface area contributed by atoms with Gasteiger partial charge in [0.15, 0.2) is 0 Å². The molecular formula is C21H26FN3O4S. The fourth-order valence-corrected chi connectivity index (χ4v) is 4.88. The van der Waals surface area contributed by atoms with Gasteiger partial charge >= 0.3 is 0 Å². The Morgan fingerprint density at radius 2 is 1.83 bits per heavy atom. The van der Waals surface area contributed by atoms with Crippen LogP contribution >= 0.6 is 0 Å². The molecule has 0 aliphatic carbocycles. The number of hydrogen-bond donors (Lipinski definition) is 1. The first-order chi connectivity index (χ1) is 14.4. The van der Waals surface area contributed by atoms with Crippen molar-refractivity contribution in [2.75, 3.05) is 49.6 Å². The van der Waals surface area contributed by atoms with E-state index in [1.54, 1.807) is 26.0 Å². The largest absolute Gasteiger partial charge is 0.378 e. The predicted molar refractivity (Wildman–Crippen MR) is 114 cm³/mol. The molecule has 1 saturated heterocycles. The Morgan fingerprint density at radius 1 is 1.13 bits per heavy atom. The van der Waals surface area contributed by atoms with Crippen LogP contribution in [0.4, 0.5) is 15.8 Å². The van der Waals surface area contributed by atoms with Gasteiger partial charge in [0, 0.05) is 31.7 Å². The molecule has 1 heterocycles. The zero-order valence-corrected chi connectivity index (χ0v) is 17.9. The summed E-state index contributed by atoms with van der Waals surface area (Å²) in [5, 5.41) is 2.77. The van der Waals surface area contributed by atoms with Crippen LogP contribution in [0.25, 0.3) is 0 Å². The molecule has 1 amide bonds. The molecule has 1 N–H and O–H groups in total. The van der Waals surface area contributed by atoms with Crippen molar-refractivity contribution in [2.24, 2.45) is 0 Å². The number of morpholine rings is 1. The fourth-order valence-electron chi connectivity index (χ4n) is 3.39. The average molecular weight is 436 g/mol. The monoisotopic (exact) mass is 435 g/mol. The molecule has 3 rings (SSSR count). The van der Waals surface area contributed by atoms with E-state index >= 15 is 0 Å². The van der Waals surface area contributed by atoms with Gasteiger partial charge in [0.1, 0.15) is 5.82 Å². The van der Waals surface area contributed by atoms with E-state index in [4.69, 9.17) is 4.74 Å². The van der Waals surface area contributed by atoms with Crippen molar-refractivity contribution in [3.63, 3.8) is 0 Å². The molecule has 1 aliphatic heterocycles. The zero-order chi connectivity index (χ0) is 21.7. The zero-order valence-electron chi connectivity index (χ0n) is 17.1. The van der Waals surface area contributed by atoms with Crippen molar-refractivity contribution < 1.29 is 22.3 Å². The summed E-state index contributed by atoms with van der Waals surface area (Å²) in [6, 6.07) is 10.1. The molecule has 162 valence electrons. The number of benzene rings is 2. The summed E-state index contributed by atoms with van der Waals surface area (Å²) in [5.41, 5.74) is 1.21. The van der Waals surface area contributed by atoms with E-state index in [-0.39, 0.29) is 10.5 Å². The molecule has 9 heteroatoms. The minimum absolute atomic E-state index is 0.0951. The van der Waals surface area contributed by atoms with E-state index in [0.29, 0.717) is 50.8 Å². The summed E-state index contributed by atoms with van der Waals surface area (Å²) in [7, 11) is -3.70. The maximum atomic E-state index is 13.5. The van der Waals surface area contributed by atoms with Gasteiger partial charge in [0.25, 0.3) is 5.91 Å². The van der Waals surface area contributed by atoms with E-state index in [9.17, 15) is 17.6 Å². The van der Waals surface area contributed by atoms with Gasteiger partial charge in [-0.2, -0.15) is 4.31 Å². The molecule has 30 heavy (non-hydrogen) atoms. The van der Waals surface area contributed by atoms with E-state index in [2.05, 4.69) is 5.32 Å². The first kappa shape index (κ1) is 22.2. The Bertz CT molecular complexity index is 1000. The highest BCUT2D eigenvalue weighted by atomic mass is 32.2. The standard InChI is InChI=1S/C21H26FN3O4S/c1-3-25(4-2)30(27,28)18-8-9-20(24-10-12-29-13-11-24)19(15-18)23-21(26)16-6-5-7-17(22)14-16/h5-9,14-15H,3-4,10-13H2,1-2H3,(H,23,26). The molecule has 7 nitrogen and oxygen atoms in total. The maximum Gasteiger partial charge on any atom is 0.255 e. The molecule has 0 radical (unpaired) electrons. The molecule has 0 aromatic heterocycles. The topological polar surface area (TPSA) is 79.0 Å². The smallest absolute Gasteiger partial charge is 0.255 e. The number of carbonyl (C=O) groups is 1. The van der Waals surface area contributed by atoms with Gasteiger partial charge in [-0.25, -0.2) is 12.8 Å². The Hall–Kier alpha value is -2.49. The molecule has 2 aromatic rings. The van der Waals surface area contributed by atoms with Crippen LogP contribution in [0, 0.1) is 5.82 Å². The molecule has 1 fully saturated rings. The molecule has 0 spiro atoms. The number of anilines is 2. The molecular weight excluding hydrogens is 409 g/mol. The van der Waals surface area contributed by atoms with Crippen LogP contribution in [0.3, 0.4) is 0 Å². The van der Waals surface area contributed by atoms with E-state index in [0.717, 1.165) is 6.07 Å². The highest BCUT2D eigenvalue weighted by Gasteiger charge is 2.25. The number of sulfonamides is 1. The van der Waals surface area contributed by atoms with Crippen LogP contribution in [0.1, 0.15) is 24.2 Å². The van der Waals surface area contributed by atoms with Crippen molar-refractivity contribution in [2.45, 2.75) is 18.7 Å². The highest BCUT2D eigenvalue weighted by molar-refractivity contribution is 7.89. The maximum absolute atomic E-state index is 13.5. The second-order valence-electron chi connectivity index (χ2n) is 6.83. The van der Waals surface area contributed by atoms with Crippen molar-refractivity contribution in [3.8, 4) is 0 Å². The van der Waals surface area contributed by atoms with Crippen LogP contribution in [-0.2, 0) is 14.8 Å². The molecule has 0 saturated carbocycles. The Balaban J connectivity index is 2.01. The van der Waals surface area contributed by atoms with Crippen molar-refractivity contribution >= 4 is 27.3 Å². The normalized spacial score (nSPS) is 14.7. The van der Waals surface area contributed by atoms with Crippen molar-refractivity contribution in [1.29, 1.82) is 0 Å². The number of ether oxygens (including phenoxy) is 1. The molecule has 0 unspecified atom stereocenters. The lowest BCUT2D eigenvalue weighted by atomic mass is 10.2. The Labute approximate surface area is 176 Å². The van der Waals surface area contributed by atoms with Crippen LogP contribution in [0.5, 0.6) is 0 Å².